The molecule has 0 aromatic rings. The molecular formula is C23H48N2O. The highest BCUT2D eigenvalue weighted by Crippen LogP contribution is 2.14. The number of carbonyl (C=O) groups excluding carboxylic acids is 1. The molecule has 0 fully saturated rings. The Bertz CT molecular complexity index is 294. The Morgan fingerprint density at radius 3 is 1.50 bits per heavy atom. The van der Waals surface area contributed by atoms with E-state index in [4.69, 9.17) is 5.73 Å². The highest BCUT2D eigenvalue weighted by Gasteiger charge is 2.07. The van der Waals surface area contributed by atoms with Crippen molar-refractivity contribution in [2.75, 3.05) is 20.1 Å². The van der Waals surface area contributed by atoms with Gasteiger partial charge in [-0.25, -0.2) is 0 Å². The van der Waals surface area contributed by atoms with Crippen molar-refractivity contribution >= 4 is 5.91 Å². The van der Waals surface area contributed by atoms with Crippen LogP contribution in [0.4, 0.5) is 0 Å². The summed E-state index contributed by atoms with van der Waals surface area (Å²) in [6.45, 7) is 3.86. The second-order valence-corrected chi connectivity index (χ2v) is 8.01. The maximum atomic E-state index is 12.0. The SMILES string of the molecule is CCCCCCCCCCCCCCCCCC(=O)N(C)CCCCN. The molecule has 0 rings (SSSR count). The summed E-state index contributed by atoms with van der Waals surface area (Å²) in [7, 11) is 1.92. The molecule has 0 radical (unpaired) electrons. The molecule has 1 amide bonds. The van der Waals surface area contributed by atoms with Crippen molar-refractivity contribution in [3.63, 3.8) is 0 Å². The Morgan fingerprint density at radius 2 is 1.08 bits per heavy atom. The highest BCUT2D eigenvalue weighted by atomic mass is 16.2. The van der Waals surface area contributed by atoms with Crippen LogP contribution in [0.1, 0.15) is 122 Å². The van der Waals surface area contributed by atoms with Gasteiger partial charge in [-0.15, -0.1) is 0 Å². The first-order valence-electron chi connectivity index (χ1n) is 11.7. The molecule has 0 saturated heterocycles. The van der Waals surface area contributed by atoms with Crippen molar-refractivity contribution < 1.29 is 4.79 Å². The van der Waals surface area contributed by atoms with Crippen molar-refractivity contribution in [1.82, 2.24) is 4.90 Å². The normalized spacial score (nSPS) is 11.0. The zero-order valence-electron chi connectivity index (χ0n) is 18.1. The smallest absolute Gasteiger partial charge is 0.222 e. The van der Waals surface area contributed by atoms with Gasteiger partial charge in [-0.2, -0.15) is 0 Å². The maximum Gasteiger partial charge on any atom is 0.222 e. The van der Waals surface area contributed by atoms with Gasteiger partial charge in [0.2, 0.25) is 5.91 Å². The molecule has 3 nitrogen and oxygen atoms in total. The van der Waals surface area contributed by atoms with Crippen LogP contribution in [-0.2, 0) is 4.79 Å². The largest absolute Gasteiger partial charge is 0.346 e. The number of rotatable bonds is 20. The summed E-state index contributed by atoms with van der Waals surface area (Å²) in [5.41, 5.74) is 5.49. The second kappa shape index (κ2) is 20.7. The van der Waals surface area contributed by atoms with Crippen LogP contribution in [0.25, 0.3) is 0 Å². The molecular weight excluding hydrogens is 320 g/mol. The minimum absolute atomic E-state index is 0.303. The van der Waals surface area contributed by atoms with Crippen LogP contribution in [0.3, 0.4) is 0 Å². The first-order valence-corrected chi connectivity index (χ1v) is 11.7. The van der Waals surface area contributed by atoms with Gasteiger partial charge in [-0.1, -0.05) is 96.8 Å². The monoisotopic (exact) mass is 368 g/mol. The van der Waals surface area contributed by atoms with Crippen molar-refractivity contribution in [2.24, 2.45) is 5.73 Å². The van der Waals surface area contributed by atoms with Crippen molar-refractivity contribution in [3.8, 4) is 0 Å². The average Bonchev–Trinajstić information content (AvgIpc) is 2.64. The van der Waals surface area contributed by atoms with Gasteiger partial charge in [0.1, 0.15) is 0 Å². The van der Waals surface area contributed by atoms with Gasteiger partial charge in [0, 0.05) is 20.0 Å². The van der Waals surface area contributed by atoms with E-state index < -0.39 is 0 Å². The lowest BCUT2D eigenvalue weighted by molar-refractivity contribution is -0.130. The molecule has 0 bridgehead atoms. The van der Waals surface area contributed by atoms with Gasteiger partial charge in [-0.3, -0.25) is 4.79 Å². The van der Waals surface area contributed by atoms with E-state index in [2.05, 4.69) is 6.92 Å². The van der Waals surface area contributed by atoms with Gasteiger partial charge in [0.05, 0.1) is 0 Å². The number of nitrogens with two attached hydrogens (primary N) is 1. The molecule has 0 unspecified atom stereocenters. The first kappa shape index (κ1) is 25.4. The quantitative estimate of drug-likeness (QED) is 0.251. The summed E-state index contributed by atoms with van der Waals surface area (Å²) < 4.78 is 0. The molecule has 156 valence electrons. The lowest BCUT2D eigenvalue weighted by Crippen LogP contribution is -2.27. The fraction of sp³-hybridized carbons (Fsp3) is 0.957. The van der Waals surface area contributed by atoms with E-state index in [0.29, 0.717) is 5.91 Å². The third-order valence-corrected chi connectivity index (χ3v) is 5.37. The number of hydrogen-bond acceptors (Lipinski definition) is 2. The molecule has 0 atom stereocenters. The van der Waals surface area contributed by atoms with Crippen molar-refractivity contribution in [1.29, 1.82) is 0 Å². The topological polar surface area (TPSA) is 46.3 Å². The Hall–Kier alpha value is -0.570. The summed E-state index contributed by atoms with van der Waals surface area (Å²) in [4.78, 5) is 13.8. The second-order valence-electron chi connectivity index (χ2n) is 8.01. The van der Waals surface area contributed by atoms with Crippen LogP contribution < -0.4 is 5.73 Å². The first-order chi connectivity index (χ1) is 12.7. The summed E-state index contributed by atoms with van der Waals surface area (Å²) in [5.74, 6) is 0.303. The summed E-state index contributed by atoms with van der Waals surface area (Å²) >= 11 is 0. The lowest BCUT2D eigenvalue weighted by atomic mass is 10.0. The average molecular weight is 369 g/mol. The third kappa shape index (κ3) is 18.2. The molecule has 0 aliphatic carbocycles. The Balaban J connectivity index is 3.20. The molecule has 0 aromatic carbocycles. The summed E-state index contributed by atoms with van der Waals surface area (Å²) in [6.07, 6.45) is 23.3. The highest BCUT2D eigenvalue weighted by molar-refractivity contribution is 5.75. The molecule has 0 aromatic heterocycles. The molecule has 3 heteroatoms. The fourth-order valence-corrected chi connectivity index (χ4v) is 3.46. The molecule has 0 spiro atoms. The Morgan fingerprint density at radius 1 is 0.654 bits per heavy atom. The zero-order chi connectivity index (χ0) is 19.3. The third-order valence-electron chi connectivity index (χ3n) is 5.37. The molecule has 0 saturated carbocycles. The van der Waals surface area contributed by atoms with Crippen molar-refractivity contribution in [2.45, 2.75) is 122 Å². The van der Waals surface area contributed by atoms with Gasteiger partial charge in [0.25, 0.3) is 0 Å². The predicted octanol–water partition coefficient (Wildman–Crippen LogP) is 6.45. The zero-order valence-corrected chi connectivity index (χ0v) is 18.1. The van der Waals surface area contributed by atoms with Gasteiger partial charge in [0.15, 0.2) is 0 Å². The van der Waals surface area contributed by atoms with Gasteiger partial charge >= 0.3 is 0 Å². The van der Waals surface area contributed by atoms with Crippen LogP contribution in [0.15, 0.2) is 0 Å². The van der Waals surface area contributed by atoms with Gasteiger partial charge < -0.3 is 10.6 Å². The van der Waals surface area contributed by atoms with E-state index in [0.717, 1.165) is 38.8 Å². The molecule has 0 aliphatic rings. The van der Waals surface area contributed by atoms with E-state index in [9.17, 15) is 4.79 Å². The van der Waals surface area contributed by atoms with E-state index in [1.54, 1.807) is 0 Å². The van der Waals surface area contributed by atoms with Crippen LogP contribution in [0.2, 0.25) is 0 Å². The lowest BCUT2D eigenvalue weighted by Gasteiger charge is -2.16. The number of unbranched alkanes of at least 4 members (excludes halogenated alkanes) is 15. The molecule has 0 heterocycles. The van der Waals surface area contributed by atoms with E-state index >= 15 is 0 Å². The number of hydrogen-bond donors (Lipinski definition) is 1. The Labute approximate surface area is 164 Å². The summed E-state index contributed by atoms with van der Waals surface area (Å²) in [5, 5.41) is 0. The maximum absolute atomic E-state index is 12.0. The standard InChI is InChI=1S/C23H48N2O/c1-3-4-5-6-7-8-9-10-11-12-13-14-15-16-17-20-23(26)25(2)22-19-18-21-24/h3-22,24H2,1-2H3. The number of nitrogens with zero attached hydrogens (tertiary/aromatic N) is 1. The van der Waals surface area contributed by atoms with Crippen LogP contribution in [0.5, 0.6) is 0 Å². The predicted molar refractivity (Wildman–Crippen MR) is 115 cm³/mol. The van der Waals surface area contributed by atoms with Crippen molar-refractivity contribution in [3.05, 3.63) is 0 Å². The fourth-order valence-electron chi connectivity index (χ4n) is 3.46. The van der Waals surface area contributed by atoms with E-state index in [-0.39, 0.29) is 0 Å². The minimum Gasteiger partial charge on any atom is -0.346 e. The molecule has 0 aliphatic heterocycles. The number of carbonyl (C=O) groups is 1. The summed E-state index contributed by atoms with van der Waals surface area (Å²) in [6, 6.07) is 0. The molecule has 2 N–H and O–H groups in total. The minimum atomic E-state index is 0.303. The van der Waals surface area contributed by atoms with Crippen LogP contribution in [0, 0.1) is 0 Å². The molecule has 26 heavy (non-hydrogen) atoms. The van der Waals surface area contributed by atoms with E-state index in [1.165, 1.54) is 89.9 Å². The van der Waals surface area contributed by atoms with Crippen LogP contribution >= 0.6 is 0 Å². The Kier molecular flexibility index (Phi) is 20.3. The van der Waals surface area contributed by atoms with Gasteiger partial charge in [-0.05, 0) is 25.8 Å². The van der Waals surface area contributed by atoms with Crippen LogP contribution in [-0.4, -0.2) is 30.9 Å². The van der Waals surface area contributed by atoms with E-state index in [1.807, 2.05) is 11.9 Å². The number of amides is 1.